The highest BCUT2D eigenvalue weighted by molar-refractivity contribution is 5.73. The highest BCUT2D eigenvalue weighted by Crippen LogP contribution is 2.33. The van der Waals surface area contributed by atoms with Gasteiger partial charge in [-0.25, -0.2) is 4.39 Å². The summed E-state index contributed by atoms with van der Waals surface area (Å²) in [7, 11) is 4.05. The Morgan fingerprint density at radius 3 is 2.19 bits per heavy atom. The van der Waals surface area contributed by atoms with Gasteiger partial charge in [0.2, 0.25) is 0 Å². The molecule has 0 fully saturated rings. The molecular formula is C21H27FN2O2. The second kappa shape index (κ2) is 7.98. The number of carboxylic acid groups (broad SMARTS) is 1. The first-order valence-corrected chi connectivity index (χ1v) is 8.62. The van der Waals surface area contributed by atoms with E-state index in [1.807, 2.05) is 27.9 Å². The van der Waals surface area contributed by atoms with Crippen LogP contribution in [0.1, 0.15) is 40.3 Å². The second-order valence-corrected chi connectivity index (χ2v) is 7.24. The van der Waals surface area contributed by atoms with Gasteiger partial charge in [-0.05, 0) is 80.4 Å². The largest absolute Gasteiger partial charge is 0.481 e. The van der Waals surface area contributed by atoms with Gasteiger partial charge in [0.1, 0.15) is 5.82 Å². The number of carboxylic acids is 1. The average Bonchev–Trinajstić information content (AvgIpc) is 2.48. The lowest BCUT2D eigenvalue weighted by molar-refractivity contribution is -0.137. The Morgan fingerprint density at radius 2 is 1.69 bits per heavy atom. The van der Waals surface area contributed by atoms with Crippen molar-refractivity contribution in [2.75, 3.05) is 14.1 Å². The van der Waals surface area contributed by atoms with Gasteiger partial charge in [-0.2, -0.15) is 0 Å². The fourth-order valence-electron chi connectivity index (χ4n) is 3.47. The molecule has 140 valence electrons. The zero-order chi connectivity index (χ0) is 19.6. The number of halogens is 1. The van der Waals surface area contributed by atoms with E-state index >= 15 is 0 Å². The molecule has 2 aromatic carbocycles. The SMILES string of the molecule is Cc1cc(-c2c(C)cc(CN(C)C)cc2C)cc(C(N)CC(=O)O)c1F. The molecule has 0 saturated heterocycles. The molecule has 0 aliphatic rings. The van der Waals surface area contributed by atoms with Crippen LogP contribution < -0.4 is 5.73 Å². The van der Waals surface area contributed by atoms with Crippen LogP contribution in [0.25, 0.3) is 11.1 Å². The first kappa shape index (κ1) is 20.1. The Morgan fingerprint density at radius 1 is 1.12 bits per heavy atom. The van der Waals surface area contributed by atoms with Gasteiger partial charge in [0, 0.05) is 18.2 Å². The summed E-state index contributed by atoms with van der Waals surface area (Å²) in [5, 5.41) is 8.98. The van der Waals surface area contributed by atoms with Gasteiger partial charge >= 0.3 is 5.97 Å². The van der Waals surface area contributed by atoms with Crippen LogP contribution in [0.3, 0.4) is 0 Å². The predicted octanol–water partition coefficient (Wildman–Crippen LogP) is 3.95. The van der Waals surface area contributed by atoms with Crippen LogP contribution in [0.2, 0.25) is 0 Å². The van der Waals surface area contributed by atoms with E-state index in [4.69, 9.17) is 10.8 Å². The molecule has 0 bridgehead atoms. The average molecular weight is 358 g/mol. The standard InChI is InChI=1S/C21H27FN2O2/c1-12-6-15(11-24(4)5)7-13(2)20(12)16-8-14(3)21(22)17(9-16)18(23)10-19(25)26/h6-9,18H,10-11,23H2,1-5H3,(H,25,26). The summed E-state index contributed by atoms with van der Waals surface area (Å²) in [6.45, 7) is 6.61. The third-order valence-corrected chi connectivity index (χ3v) is 4.46. The molecule has 0 aromatic heterocycles. The molecule has 1 unspecified atom stereocenters. The van der Waals surface area contributed by atoms with Crippen molar-refractivity contribution in [3.05, 3.63) is 57.9 Å². The molecule has 0 aliphatic carbocycles. The lowest BCUT2D eigenvalue weighted by Gasteiger charge is -2.19. The Balaban J connectivity index is 2.55. The van der Waals surface area contributed by atoms with Gasteiger partial charge in [-0.1, -0.05) is 12.1 Å². The smallest absolute Gasteiger partial charge is 0.305 e. The molecular weight excluding hydrogens is 331 g/mol. The van der Waals surface area contributed by atoms with Gasteiger partial charge in [0.05, 0.1) is 6.42 Å². The Bertz CT molecular complexity index is 808. The lowest BCUT2D eigenvalue weighted by atomic mass is 9.89. The first-order chi connectivity index (χ1) is 12.1. The van der Waals surface area contributed by atoms with Gasteiger partial charge in [0.25, 0.3) is 0 Å². The van der Waals surface area contributed by atoms with Crippen molar-refractivity contribution in [2.45, 2.75) is 39.8 Å². The fraction of sp³-hybridized carbons (Fsp3) is 0.381. The third-order valence-electron chi connectivity index (χ3n) is 4.46. The summed E-state index contributed by atoms with van der Waals surface area (Å²) in [6, 6.07) is 6.89. The number of hydrogen-bond donors (Lipinski definition) is 2. The number of hydrogen-bond acceptors (Lipinski definition) is 3. The quantitative estimate of drug-likeness (QED) is 0.820. The van der Waals surface area contributed by atoms with E-state index in [1.165, 1.54) is 5.56 Å². The maximum atomic E-state index is 14.5. The van der Waals surface area contributed by atoms with Crippen LogP contribution in [-0.4, -0.2) is 30.1 Å². The summed E-state index contributed by atoms with van der Waals surface area (Å²) in [5.41, 5.74) is 12.0. The molecule has 0 aliphatic heterocycles. The van der Waals surface area contributed by atoms with E-state index in [9.17, 15) is 9.18 Å². The number of aryl methyl sites for hydroxylation is 3. The van der Waals surface area contributed by atoms with E-state index in [1.54, 1.807) is 19.1 Å². The van der Waals surface area contributed by atoms with E-state index in [0.717, 1.165) is 28.8 Å². The topological polar surface area (TPSA) is 66.6 Å². The Hall–Kier alpha value is -2.24. The number of benzene rings is 2. The minimum absolute atomic E-state index is 0.249. The maximum absolute atomic E-state index is 14.5. The minimum atomic E-state index is -1.04. The molecule has 26 heavy (non-hydrogen) atoms. The summed E-state index contributed by atoms with van der Waals surface area (Å²) >= 11 is 0. The molecule has 2 rings (SSSR count). The van der Waals surface area contributed by atoms with Gasteiger partial charge in [-0.15, -0.1) is 0 Å². The van der Waals surface area contributed by atoms with Crippen LogP contribution in [0.15, 0.2) is 24.3 Å². The van der Waals surface area contributed by atoms with E-state index < -0.39 is 17.8 Å². The molecule has 4 nitrogen and oxygen atoms in total. The molecule has 0 amide bonds. The van der Waals surface area contributed by atoms with Gasteiger partial charge in [0.15, 0.2) is 0 Å². The zero-order valence-corrected chi connectivity index (χ0v) is 16.1. The molecule has 0 radical (unpaired) electrons. The first-order valence-electron chi connectivity index (χ1n) is 8.62. The maximum Gasteiger partial charge on any atom is 0.305 e. The van der Waals surface area contributed by atoms with Crippen molar-refractivity contribution in [1.29, 1.82) is 0 Å². The number of carbonyl (C=O) groups is 1. The van der Waals surface area contributed by atoms with Crippen molar-refractivity contribution in [1.82, 2.24) is 4.90 Å². The van der Waals surface area contributed by atoms with E-state index in [2.05, 4.69) is 17.0 Å². The molecule has 1 atom stereocenters. The normalized spacial score (nSPS) is 12.5. The molecule has 0 spiro atoms. The number of rotatable bonds is 6. The van der Waals surface area contributed by atoms with Crippen molar-refractivity contribution >= 4 is 5.97 Å². The predicted molar refractivity (Wildman–Crippen MR) is 103 cm³/mol. The van der Waals surface area contributed by atoms with Crippen molar-refractivity contribution in [3.63, 3.8) is 0 Å². The van der Waals surface area contributed by atoms with Crippen LogP contribution in [0.4, 0.5) is 4.39 Å². The van der Waals surface area contributed by atoms with Crippen molar-refractivity contribution in [2.24, 2.45) is 5.73 Å². The molecule has 2 aromatic rings. The summed E-state index contributed by atoms with van der Waals surface area (Å²) in [6.07, 6.45) is -0.306. The van der Waals surface area contributed by atoms with E-state index in [0.29, 0.717) is 5.56 Å². The summed E-state index contributed by atoms with van der Waals surface area (Å²) < 4.78 is 14.5. The number of aliphatic carboxylic acids is 1. The van der Waals surface area contributed by atoms with Crippen molar-refractivity contribution in [3.8, 4) is 11.1 Å². The molecule has 5 heteroatoms. The molecule has 0 saturated carbocycles. The zero-order valence-electron chi connectivity index (χ0n) is 16.1. The van der Waals surface area contributed by atoms with Gasteiger partial charge in [-0.3, -0.25) is 4.79 Å². The highest BCUT2D eigenvalue weighted by atomic mass is 19.1. The molecule has 3 N–H and O–H groups in total. The minimum Gasteiger partial charge on any atom is -0.481 e. The van der Waals surface area contributed by atoms with E-state index in [-0.39, 0.29) is 12.0 Å². The fourth-order valence-corrected chi connectivity index (χ4v) is 3.47. The Labute approximate surface area is 154 Å². The number of nitrogens with zero attached hydrogens (tertiary/aromatic N) is 1. The van der Waals surface area contributed by atoms with Crippen LogP contribution in [0, 0.1) is 26.6 Å². The van der Waals surface area contributed by atoms with Gasteiger partial charge < -0.3 is 15.7 Å². The summed E-state index contributed by atoms with van der Waals surface area (Å²) in [4.78, 5) is 13.1. The third kappa shape index (κ3) is 4.48. The Kier molecular flexibility index (Phi) is 6.16. The monoisotopic (exact) mass is 358 g/mol. The number of nitrogens with two attached hydrogens (primary N) is 1. The van der Waals surface area contributed by atoms with Crippen LogP contribution >= 0.6 is 0 Å². The highest BCUT2D eigenvalue weighted by Gasteiger charge is 2.19. The lowest BCUT2D eigenvalue weighted by Crippen LogP contribution is -2.17. The van der Waals surface area contributed by atoms with Crippen LogP contribution in [0.5, 0.6) is 0 Å². The van der Waals surface area contributed by atoms with Crippen LogP contribution in [-0.2, 0) is 11.3 Å². The second-order valence-electron chi connectivity index (χ2n) is 7.24. The van der Waals surface area contributed by atoms with Crippen molar-refractivity contribution < 1.29 is 14.3 Å². The molecule has 0 heterocycles. The summed E-state index contributed by atoms with van der Waals surface area (Å²) in [5.74, 6) is -1.47.